The van der Waals surface area contributed by atoms with Gasteiger partial charge in [-0.1, -0.05) is 17.3 Å². The highest BCUT2D eigenvalue weighted by Gasteiger charge is 2.09. The Morgan fingerprint density at radius 2 is 2.14 bits per heavy atom. The van der Waals surface area contributed by atoms with Crippen molar-refractivity contribution >= 4 is 5.91 Å². The molecule has 0 unspecified atom stereocenters. The van der Waals surface area contributed by atoms with Crippen molar-refractivity contribution in [2.45, 2.75) is 27.2 Å². The number of nitrogens with zero attached hydrogens (tertiary/aromatic N) is 1. The van der Waals surface area contributed by atoms with Crippen LogP contribution in [0.4, 0.5) is 0 Å². The molecule has 1 aromatic carbocycles. The van der Waals surface area contributed by atoms with Crippen LogP contribution >= 0.6 is 0 Å². The lowest BCUT2D eigenvalue weighted by Crippen LogP contribution is -2.30. The minimum atomic E-state index is -0.136. The predicted octanol–water partition coefficient (Wildman–Crippen LogP) is 2.34. The maximum Gasteiger partial charge on any atom is 0.257 e. The molecule has 0 saturated heterocycles. The fourth-order valence-corrected chi connectivity index (χ4v) is 2.09. The number of carbonyl (C=O) groups is 1. The van der Waals surface area contributed by atoms with E-state index in [-0.39, 0.29) is 12.5 Å². The van der Waals surface area contributed by atoms with Crippen LogP contribution in [0.15, 0.2) is 28.8 Å². The molecule has 0 atom stereocenters. The predicted molar refractivity (Wildman–Crippen MR) is 79.4 cm³/mol. The zero-order valence-electron chi connectivity index (χ0n) is 12.6. The lowest BCUT2D eigenvalue weighted by atomic mass is 10.1. The van der Waals surface area contributed by atoms with E-state index in [1.54, 1.807) is 0 Å². The van der Waals surface area contributed by atoms with Gasteiger partial charge in [-0.15, -0.1) is 0 Å². The molecule has 0 spiro atoms. The summed E-state index contributed by atoms with van der Waals surface area (Å²) in [6.45, 7) is 6.31. The van der Waals surface area contributed by atoms with Crippen molar-refractivity contribution < 1.29 is 14.1 Å². The topological polar surface area (TPSA) is 64.4 Å². The van der Waals surface area contributed by atoms with E-state index in [2.05, 4.69) is 10.5 Å². The number of benzene rings is 1. The van der Waals surface area contributed by atoms with Gasteiger partial charge in [0.1, 0.15) is 11.5 Å². The van der Waals surface area contributed by atoms with Crippen LogP contribution in [0.2, 0.25) is 0 Å². The summed E-state index contributed by atoms with van der Waals surface area (Å²) in [4.78, 5) is 11.7. The van der Waals surface area contributed by atoms with Gasteiger partial charge in [-0.3, -0.25) is 4.79 Å². The van der Waals surface area contributed by atoms with Crippen molar-refractivity contribution in [1.29, 1.82) is 0 Å². The molecule has 112 valence electrons. The van der Waals surface area contributed by atoms with Crippen LogP contribution in [0, 0.1) is 20.8 Å². The van der Waals surface area contributed by atoms with Crippen LogP contribution in [0.3, 0.4) is 0 Å². The average molecular weight is 288 g/mol. The largest absolute Gasteiger partial charge is 0.484 e. The zero-order valence-corrected chi connectivity index (χ0v) is 12.6. The molecule has 2 rings (SSSR count). The van der Waals surface area contributed by atoms with Gasteiger partial charge in [0.2, 0.25) is 0 Å². The van der Waals surface area contributed by atoms with E-state index >= 15 is 0 Å². The van der Waals surface area contributed by atoms with Gasteiger partial charge in [0.15, 0.2) is 6.61 Å². The van der Waals surface area contributed by atoms with Gasteiger partial charge in [-0.2, -0.15) is 0 Å². The zero-order chi connectivity index (χ0) is 15.2. The molecule has 1 amide bonds. The summed E-state index contributed by atoms with van der Waals surface area (Å²) in [7, 11) is 0. The van der Waals surface area contributed by atoms with Crippen molar-refractivity contribution in [3.8, 4) is 5.75 Å². The van der Waals surface area contributed by atoms with Gasteiger partial charge in [-0.25, -0.2) is 0 Å². The molecule has 0 aliphatic rings. The highest BCUT2D eigenvalue weighted by Crippen LogP contribution is 2.13. The Bertz CT molecular complexity index is 600. The molecule has 1 N–H and O–H groups in total. The number of aromatic nitrogens is 1. The Balaban J connectivity index is 1.73. The second kappa shape index (κ2) is 6.92. The smallest absolute Gasteiger partial charge is 0.257 e. The standard InChI is InChI=1S/C16H20N2O3/c1-11-5-4-6-14(9-11)20-10-16(19)17-8-7-15-12(2)18-21-13(15)3/h4-6,9H,7-8,10H2,1-3H3,(H,17,19). The third-order valence-corrected chi connectivity index (χ3v) is 3.24. The van der Waals surface area contributed by atoms with Gasteiger partial charge >= 0.3 is 0 Å². The van der Waals surface area contributed by atoms with Crippen molar-refractivity contribution in [2.75, 3.05) is 13.2 Å². The molecule has 21 heavy (non-hydrogen) atoms. The van der Waals surface area contributed by atoms with Gasteiger partial charge in [0, 0.05) is 12.1 Å². The van der Waals surface area contributed by atoms with E-state index in [1.807, 2.05) is 45.0 Å². The molecule has 5 nitrogen and oxygen atoms in total. The highest BCUT2D eigenvalue weighted by molar-refractivity contribution is 5.77. The number of hydrogen-bond donors (Lipinski definition) is 1. The van der Waals surface area contributed by atoms with Crippen molar-refractivity contribution in [2.24, 2.45) is 0 Å². The second-order valence-electron chi connectivity index (χ2n) is 5.01. The van der Waals surface area contributed by atoms with Gasteiger partial charge in [0.05, 0.1) is 5.69 Å². The summed E-state index contributed by atoms with van der Waals surface area (Å²) in [5.74, 6) is 1.37. The van der Waals surface area contributed by atoms with E-state index in [0.717, 1.165) is 22.6 Å². The van der Waals surface area contributed by atoms with Crippen LogP contribution in [0.25, 0.3) is 0 Å². The maximum atomic E-state index is 11.7. The van der Waals surface area contributed by atoms with E-state index in [1.165, 1.54) is 0 Å². The minimum absolute atomic E-state index is 0.0189. The molecular weight excluding hydrogens is 268 g/mol. The third kappa shape index (κ3) is 4.34. The van der Waals surface area contributed by atoms with E-state index in [9.17, 15) is 4.79 Å². The second-order valence-corrected chi connectivity index (χ2v) is 5.01. The number of aryl methyl sites for hydroxylation is 3. The summed E-state index contributed by atoms with van der Waals surface area (Å²) in [6, 6.07) is 7.62. The first-order chi connectivity index (χ1) is 10.1. The van der Waals surface area contributed by atoms with Crippen LogP contribution < -0.4 is 10.1 Å². The number of ether oxygens (including phenoxy) is 1. The average Bonchev–Trinajstić information content (AvgIpc) is 2.77. The molecule has 0 saturated carbocycles. The first kappa shape index (κ1) is 15.1. The molecule has 0 aliphatic heterocycles. The lowest BCUT2D eigenvalue weighted by Gasteiger charge is -2.08. The quantitative estimate of drug-likeness (QED) is 0.886. The number of carbonyl (C=O) groups excluding carboxylic acids is 1. The maximum absolute atomic E-state index is 11.7. The Hall–Kier alpha value is -2.30. The normalized spacial score (nSPS) is 10.4. The molecule has 1 heterocycles. The number of hydrogen-bond acceptors (Lipinski definition) is 4. The van der Waals surface area contributed by atoms with Gasteiger partial charge in [-0.05, 0) is 44.9 Å². The molecule has 0 fully saturated rings. The van der Waals surface area contributed by atoms with Crippen LogP contribution in [-0.2, 0) is 11.2 Å². The highest BCUT2D eigenvalue weighted by atomic mass is 16.5. The minimum Gasteiger partial charge on any atom is -0.484 e. The van der Waals surface area contributed by atoms with Gasteiger partial charge in [0.25, 0.3) is 5.91 Å². The van der Waals surface area contributed by atoms with Crippen molar-refractivity contribution in [3.05, 3.63) is 46.8 Å². The summed E-state index contributed by atoms with van der Waals surface area (Å²) in [5.41, 5.74) is 3.03. The molecular formula is C16H20N2O3. The number of rotatable bonds is 6. The van der Waals surface area contributed by atoms with Crippen LogP contribution in [0.5, 0.6) is 5.75 Å². The Kier molecular flexibility index (Phi) is 4.98. The molecule has 2 aromatic rings. The lowest BCUT2D eigenvalue weighted by molar-refractivity contribution is -0.123. The van der Waals surface area contributed by atoms with Crippen LogP contribution in [-0.4, -0.2) is 24.2 Å². The molecule has 1 aromatic heterocycles. The SMILES string of the molecule is Cc1cccc(OCC(=O)NCCc2c(C)noc2C)c1. The van der Waals surface area contributed by atoms with E-state index < -0.39 is 0 Å². The number of nitrogens with one attached hydrogen (secondary N) is 1. The van der Waals surface area contributed by atoms with Crippen molar-refractivity contribution in [3.63, 3.8) is 0 Å². The van der Waals surface area contributed by atoms with Gasteiger partial charge < -0.3 is 14.6 Å². The molecule has 0 bridgehead atoms. The summed E-state index contributed by atoms with van der Waals surface area (Å²) < 4.78 is 10.5. The molecule has 0 aliphatic carbocycles. The Morgan fingerprint density at radius 1 is 1.33 bits per heavy atom. The fourth-order valence-electron chi connectivity index (χ4n) is 2.09. The molecule has 0 radical (unpaired) electrons. The Morgan fingerprint density at radius 3 is 2.81 bits per heavy atom. The van der Waals surface area contributed by atoms with E-state index in [0.29, 0.717) is 18.7 Å². The van der Waals surface area contributed by atoms with Crippen molar-refractivity contribution in [1.82, 2.24) is 10.5 Å². The summed E-state index contributed by atoms with van der Waals surface area (Å²) >= 11 is 0. The van der Waals surface area contributed by atoms with Crippen LogP contribution in [0.1, 0.15) is 22.6 Å². The first-order valence-electron chi connectivity index (χ1n) is 6.94. The third-order valence-electron chi connectivity index (χ3n) is 3.24. The molecule has 5 heteroatoms. The summed E-state index contributed by atoms with van der Waals surface area (Å²) in [6.07, 6.45) is 0.706. The first-order valence-corrected chi connectivity index (χ1v) is 6.94. The van der Waals surface area contributed by atoms with E-state index in [4.69, 9.17) is 9.26 Å². The number of amides is 1. The summed E-state index contributed by atoms with van der Waals surface area (Å²) in [5, 5.41) is 6.71. The Labute approximate surface area is 124 Å². The monoisotopic (exact) mass is 288 g/mol. The fraction of sp³-hybridized carbons (Fsp3) is 0.375.